The van der Waals surface area contributed by atoms with Crippen molar-refractivity contribution in [2.75, 3.05) is 31.5 Å². The van der Waals surface area contributed by atoms with E-state index in [1.165, 1.54) is 6.07 Å². The first-order valence-corrected chi connectivity index (χ1v) is 11.0. The van der Waals surface area contributed by atoms with Gasteiger partial charge in [-0.3, -0.25) is 4.79 Å². The number of amides is 1. The van der Waals surface area contributed by atoms with Gasteiger partial charge in [0, 0.05) is 36.2 Å². The second-order valence-corrected chi connectivity index (χ2v) is 8.50. The minimum atomic E-state index is -0.717. The molecule has 0 saturated heterocycles. The lowest BCUT2D eigenvalue weighted by atomic mass is 10.0. The smallest absolute Gasteiger partial charge is 0.253 e. The topological polar surface area (TPSA) is 50.8 Å². The first-order chi connectivity index (χ1) is 15.5. The van der Waals surface area contributed by atoms with Crippen LogP contribution >= 0.6 is 11.9 Å². The second kappa shape index (κ2) is 8.35. The van der Waals surface area contributed by atoms with Gasteiger partial charge < -0.3 is 19.1 Å². The Morgan fingerprint density at radius 2 is 1.84 bits per heavy atom. The zero-order valence-corrected chi connectivity index (χ0v) is 18.1. The SMILES string of the molecule is CN1CCOc2ccccc2-c2cc(c(F)cc2F)NSc2cc(cc3c2OCC3)C1=O. The number of likely N-dealkylation sites (N-methyl/N-ethyl adjacent to an activating group) is 1. The molecule has 2 aliphatic rings. The molecule has 8 heteroatoms. The zero-order valence-electron chi connectivity index (χ0n) is 17.3. The predicted molar refractivity (Wildman–Crippen MR) is 119 cm³/mol. The lowest BCUT2D eigenvalue weighted by molar-refractivity contribution is 0.0773. The van der Waals surface area contributed by atoms with Gasteiger partial charge in [-0.1, -0.05) is 18.2 Å². The number of hydrogen-bond acceptors (Lipinski definition) is 5. The molecular formula is C24H20F2N2O3S. The van der Waals surface area contributed by atoms with E-state index in [0.717, 1.165) is 23.6 Å². The molecule has 0 aliphatic carbocycles. The average molecular weight is 454 g/mol. The van der Waals surface area contributed by atoms with Crippen molar-refractivity contribution in [2.24, 2.45) is 0 Å². The Morgan fingerprint density at radius 3 is 2.72 bits per heavy atom. The van der Waals surface area contributed by atoms with Crippen molar-refractivity contribution in [2.45, 2.75) is 11.3 Å². The first kappa shape index (κ1) is 20.6. The molecule has 0 aromatic heterocycles. The number of halogens is 2. The monoisotopic (exact) mass is 454 g/mol. The summed E-state index contributed by atoms with van der Waals surface area (Å²) >= 11 is 1.13. The van der Waals surface area contributed by atoms with Crippen LogP contribution in [0.3, 0.4) is 0 Å². The van der Waals surface area contributed by atoms with Crippen LogP contribution in [0, 0.1) is 11.6 Å². The van der Waals surface area contributed by atoms with Gasteiger partial charge in [-0.25, -0.2) is 8.78 Å². The fourth-order valence-electron chi connectivity index (χ4n) is 3.84. The van der Waals surface area contributed by atoms with Crippen molar-refractivity contribution in [3.05, 3.63) is 71.3 Å². The molecule has 0 spiro atoms. The molecule has 2 aliphatic heterocycles. The van der Waals surface area contributed by atoms with Crippen LogP contribution in [0.1, 0.15) is 15.9 Å². The molecule has 3 aromatic rings. The number of nitrogens with zero attached hydrogens (tertiary/aromatic N) is 1. The summed E-state index contributed by atoms with van der Waals surface area (Å²) in [5.74, 6) is -0.406. The first-order valence-electron chi connectivity index (χ1n) is 10.2. The summed E-state index contributed by atoms with van der Waals surface area (Å²) in [6.45, 7) is 1.09. The molecule has 1 amide bonds. The largest absolute Gasteiger partial charge is 0.492 e. The number of hydrogen-bond donors (Lipinski definition) is 1. The summed E-state index contributed by atoms with van der Waals surface area (Å²) < 4.78 is 44.0. The van der Waals surface area contributed by atoms with Crippen LogP contribution in [0.15, 0.2) is 53.4 Å². The number of nitrogens with one attached hydrogen (secondary N) is 1. The lowest BCUT2D eigenvalue weighted by Gasteiger charge is -2.19. The Kier molecular flexibility index (Phi) is 5.38. The molecule has 0 saturated carbocycles. The van der Waals surface area contributed by atoms with Crippen molar-refractivity contribution in [1.82, 2.24) is 4.90 Å². The Hall–Kier alpha value is -3.26. The molecule has 0 fully saturated rings. The fourth-order valence-corrected chi connectivity index (χ4v) is 4.69. The summed E-state index contributed by atoms with van der Waals surface area (Å²) in [5.41, 5.74) is 2.31. The molecule has 2 heterocycles. The van der Waals surface area contributed by atoms with Gasteiger partial charge >= 0.3 is 0 Å². The Bertz CT molecular complexity index is 1220. The molecule has 164 valence electrons. The van der Waals surface area contributed by atoms with E-state index in [-0.39, 0.29) is 23.8 Å². The molecule has 1 N–H and O–H groups in total. The van der Waals surface area contributed by atoms with Gasteiger partial charge in [-0.15, -0.1) is 0 Å². The maximum absolute atomic E-state index is 14.7. The van der Waals surface area contributed by atoms with Gasteiger partial charge in [0.05, 0.1) is 23.7 Å². The van der Waals surface area contributed by atoms with Crippen molar-refractivity contribution in [3.63, 3.8) is 0 Å². The maximum atomic E-state index is 14.7. The van der Waals surface area contributed by atoms with E-state index in [2.05, 4.69) is 4.72 Å². The van der Waals surface area contributed by atoms with Crippen LogP contribution in [-0.4, -0.2) is 37.6 Å². The van der Waals surface area contributed by atoms with Crippen LogP contribution in [0.4, 0.5) is 14.5 Å². The van der Waals surface area contributed by atoms with Crippen LogP contribution in [0.5, 0.6) is 11.5 Å². The molecule has 4 bridgehead atoms. The maximum Gasteiger partial charge on any atom is 0.253 e. The van der Waals surface area contributed by atoms with Gasteiger partial charge in [-0.2, -0.15) is 0 Å². The minimum absolute atomic E-state index is 0.122. The molecule has 0 radical (unpaired) electrons. The molecule has 5 rings (SSSR count). The molecule has 0 unspecified atom stereocenters. The highest BCUT2D eigenvalue weighted by molar-refractivity contribution is 8.00. The highest BCUT2D eigenvalue weighted by atomic mass is 32.2. The van der Waals surface area contributed by atoms with Crippen molar-refractivity contribution in [1.29, 1.82) is 0 Å². The predicted octanol–water partition coefficient (Wildman–Crippen LogP) is 5.15. The highest BCUT2D eigenvalue weighted by Crippen LogP contribution is 2.40. The van der Waals surface area contributed by atoms with Gasteiger partial charge in [0.25, 0.3) is 5.91 Å². The number of fused-ring (bicyclic) bond motifs is 8. The standard InChI is InChI=1S/C24H20F2N2O3S/c1-28-7-9-30-21-5-3-2-4-16(21)17-12-20(19(26)13-18(17)25)27-32-22-11-15(24(28)29)10-14-6-8-31-23(14)22/h2-5,10-13,27H,6-9H2,1H3. The molecule has 3 aromatic carbocycles. The van der Waals surface area contributed by atoms with E-state index in [4.69, 9.17) is 9.47 Å². The van der Waals surface area contributed by atoms with Gasteiger partial charge in [0.2, 0.25) is 0 Å². The second-order valence-electron chi connectivity index (χ2n) is 7.65. The van der Waals surface area contributed by atoms with Crippen LogP contribution < -0.4 is 14.2 Å². The van der Waals surface area contributed by atoms with E-state index in [9.17, 15) is 13.6 Å². The highest BCUT2D eigenvalue weighted by Gasteiger charge is 2.23. The van der Waals surface area contributed by atoms with Gasteiger partial charge in [0.15, 0.2) is 0 Å². The van der Waals surface area contributed by atoms with Crippen molar-refractivity contribution < 1.29 is 23.0 Å². The van der Waals surface area contributed by atoms with E-state index in [1.54, 1.807) is 42.3 Å². The Balaban J connectivity index is 1.62. The third-order valence-corrected chi connectivity index (χ3v) is 6.38. The number of para-hydroxylation sites is 1. The summed E-state index contributed by atoms with van der Waals surface area (Å²) in [6, 6.07) is 12.9. The van der Waals surface area contributed by atoms with Crippen molar-refractivity contribution in [3.8, 4) is 22.6 Å². The third-order valence-electron chi connectivity index (χ3n) is 5.53. The molecule has 32 heavy (non-hydrogen) atoms. The number of anilines is 1. The lowest BCUT2D eigenvalue weighted by Crippen LogP contribution is -2.31. The van der Waals surface area contributed by atoms with Crippen LogP contribution in [0.25, 0.3) is 11.1 Å². The number of rotatable bonds is 0. The van der Waals surface area contributed by atoms with E-state index in [1.807, 2.05) is 6.07 Å². The van der Waals surface area contributed by atoms with Gasteiger partial charge in [-0.05, 0) is 41.8 Å². The number of carbonyl (C=O) groups is 1. The zero-order chi connectivity index (χ0) is 22.2. The van der Waals surface area contributed by atoms with Crippen LogP contribution in [0.2, 0.25) is 0 Å². The van der Waals surface area contributed by atoms with Crippen LogP contribution in [-0.2, 0) is 6.42 Å². The molecule has 5 nitrogen and oxygen atoms in total. The summed E-state index contributed by atoms with van der Waals surface area (Å²) in [4.78, 5) is 15.3. The van der Waals surface area contributed by atoms with Crippen molar-refractivity contribution >= 4 is 23.5 Å². The minimum Gasteiger partial charge on any atom is -0.492 e. The number of ether oxygens (including phenoxy) is 2. The summed E-state index contributed by atoms with van der Waals surface area (Å²) in [5, 5.41) is 0. The average Bonchev–Trinajstić information content (AvgIpc) is 3.26. The quantitative estimate of drug-likeness (QED) is 0.476. The third kappa shape index (κ3) is 3.75. The molecule has 0 atom stereocenters. The van der Waals surface area contributed by atoms with E-state index in [0.29, 0.717) is 47.1 Å². The Morgan fingerprint density at radius 1 is 1.00 bits per heavy atom. The summed E-state index contributed by atoms with van der Waals surface area (Å²) in [6.07, 6.45) is 0.696. The Labute approximate surface area is 188 Å². The van der Waals surface area contributed by atoms with E-state index < -0.39 is 11.6 Å². The van der Waals surface area contributed by atoms with E-state index >= 15 is 0 Å². The normalized spacial score (nSPS) is 15.5. The number of benzene rings is 3. The summed E-state index contributed by atoms with van der Waals surface area (Å²) in [7, 11) is 1.71. The number of carbonyl (C=O) groups excluding carboxylic acids is 1. The fraction of sp³-hybridized carbons (Fsp3) is 0.208. The van der Waals surface area contributed by atoms with Gasteiger partial charge in [0.1, 0.15) is 29.7 Å². The molecular weight excluding hydrogens is 434 g/mol.